The lowest BCUT2D eigenvalue weighted by Gasteiger charge is -2.31. The summed E-state index contributed by atoms with van der Waals surface area (Å²) in [5.74, 6) is 0. The summed E-state index contributed by atoms with van der Waals surface area (Å²) in [6, 6.07) is 1.23. The monoisotopic (exact) mass is 171 g/mol. The number of nitrogens with zero attached hydrogens (tertiary/aromatic N) is 1. The van der Waals surface area contributed by atoms with Crippen molar-refractivity contribution >= 4 is 0 Å². The third-order valence-electron chi connectivity index (χ3n) is 2.23. The lowest BCUT2D eigenvalue weighted by molar-refractivity contribution is 0.233. The fourth-order valence-corrected chi connectivity index (χ4v) is 1.51. The molecule has 1 aliphatic heterocycles. The first kappa shape index (κ1) is 9.96. The van der Waals surface area contributed by atoms with Crippen LogP contribution < -0.4 is 10.6 Å². The first-order chi connectivity index (χ1) is 5.68. The zero-order valence-electron chi connectivity index (χ0n) is 8.43. The summed E-state index contributed by atoms with van der Waals surface area (Å²) in [6.07, 6.45) is 0. The summed E-state index contributed by atoms with van der Waals surface area (Å²) >= 11 is 0. The number of hydrogen-bond donors (Lipinski definition) is 2. The SMILES string of the molecule is CC(C)NCC1CN(C)CCN1. The Morgan fingerprint density at radius 2 is 2.33 bits per heavy atom. The Bertz CT molecular complexity index is 125. The van der Waals surface area contributed by atoms with E-state index < -0.39 is 0 Å². The Morgan fingerprint density at radius 1 is 1.58 bits per heavy atom. The first-order valence-electron chi connectivity index (χ1n) is 4.84. The minimum absolute atomic E-state index is 0.596. The predicted molar refractivity (Wildman–Crippen MR) is 52.4 cm³/mol. The fraction of sp³-hybridized carbons (Fsp3) is 1.00. The van der Waals surface area contributed by atoms with Gasteiger partial charge in [-0.15, -0.1) is 0 Å². The van der Waals surface area contributed by atoms with E-state index in [9.17, 15) is 0 Å². The van der Waals surface area contributed by atoms with Crippen LogP contribution in [0.4, 0.5) is 0 Å². The van der Waals surface area contributed by atoms with E-state index in [2.05, 4.69) is 36.4 Å². The summed E-state index contributed by atoms with van der Waals surface area (Å²) in [5.41, 5.74) is 0. The average molecular weight is 171 g/mol. The molecule has 1 aliphatic rings. The Hall–Kier alpha value is -0.120. The number of hydrogen-bond acceptors (Lipinski definition) is 3. The highest BCUT2D eigenvalue weighted by atomic mass is 15.2. The van der Waals surface area contributed by atoms with Crippen LogP contribution in [0.3, 0.4) is 0 Å². The first-order valence-corrected chi connectivity index (χ1v) is 4.84. The molecule has 1 atom stereocenters. The van der Waals surface area contributed by atoms with E-state index in [1.807, 2.05) is 0 Å². The molecule has 1 fully saturated rings. The van der Waals surface area contributed by atoms with E-state index in [1.54, 1.807) is 0 Å². The standard InChI is InChI=1S/C9H21N3/c1-8(2)11-6-9-7-12(3)5-4-10-9/h8-11H,4-7H2,1-3H3. The average Bonchev–Trinajstić information content (AvgIpc) is 2.01. The molecule has 1 unspecified atom stereocenters. The molecule has 0 amide bonds. The second-order valence-corrected chi connectivity index (χ2v) is 3.98. The zero-order chi connectivity index (χ0) is 8.97. The van der Waals surface area contributed by atoms with Crippen LogP contribution in [0.1, 0.15) is 13.8 Å². The molecule has 0 aliphatic carbocycles. The molecule has 1 saturated heterocycles. The Balaban J connectivity index is 2.14. The second kappa shape index (κ2) is 4.80. The summed E-state index contributed by atoms with van der Waals surface area (Å²) in [5, 5.41) is 6.95. The van der Waals surface area contributed by atoms with E-state index in [1.165, 1.54) is 13.1 Å². The van der Waals surface area contributed by atoms with E-state index in [4.69, 9.17) is 0 Å². The van der Waals surface area contributed by atoms with Gasteiger partial charge in [-0.3, -0.25) is 0 Å². The van der Waals surface area contributed by atoms with Gasteiger partial charge in [0.2, 0.25) is 0 Å². The van der Waals surface area contributed by atoms with Gasteiger partial charge in [0, 0.05) is 38.3 Å². The highest BCUT2D eigenvalue weighted by Crippen LogP contribution is 1.94. The van der Waals surface area contributed by atoms with E-state index in [0.29, 0.717) is 12.1 Å². The van der Waals surface area contributed by atoms with Gasteiger partial charge < -0.3 is 15.5 Å². The van der Waals surface area contributed by atoms with Crippen LogP contribution in [0.2, 0.25) is 0 Å². The largest absolute Gasteiger partial charge is 0.313 e. The van der Waals surface area contributed by atoms with E-state index in [0.717, 1.165) is 13.1 Å². The molecule has 72 valence electrons. The Kier molecular flexibility index (Phi) is 3.98. The maximum atomic E-state index is 3.50. The van der Waals surface area contributed by atoms with E-state index in [-0.39, 0.29) is 0 Å². The summed E-state index contributed by atoms with van der Waals surface area (Å²) in [4.78, 5) is 2.38. The molecule has 1 heterocycles. The second-order valence-electron chi connectivity index (χ2n) is 3.98. The van der Waals surface area contributed by atoms with Crippen LogP contribution in [-0.4, -0.2) is 50.2 Å². The van der Waals surface area contributed by atoms with Gasteiger partial charge in [-0.1, -0.05) is 13.8 Å². The van der Waals surface area contributed by atoms with Crippen molar-refractivity contribution in [3.8, 4) is 0 Å². The summed E-state index contributed by atoms with van der Waals surface area (Å²) in [6.45, 7) is 8.93. The van der Waals surface area contributed by atoms with Crippen molar-refractivity contribution in [1.29, 1.82) is 0 Å². The van der Waals surface area contributed by atoms with Crippen molar-refractivity contribution in [2.24, 2.45) is 0 Å². The topological polar surface area (TPSA) is 27.3 Å². The summed E-state index contributed by atoms with van der Waals surface area (Å²) < 4.78 is 0. The predicted octanol–water partition coefficient (Wildman–Crippen LogP) is -0.112. The van der Waals surface area contributed by atoms with Crippen molar-refractivity contribution < 1.29 is 0 Å². The molecule has 3 heteroatoms. The van der Waals surface area contributed by atoms with Gasteiger partial charge in [0.05, 0.1) is 0 Å². The van der Waals surface area contributed by atoms with Crippen molar-refractivity contribution in [3.05, 3.63) is 0 Å². The lowest BCUT2D eigenvalue weighted by atomic mass is 10.2. The maximum absolute atomic E-state index is 3.50. The maximum Gasteiger partial charge on any atom is 0.0320 e. The van der Waals surface area contributed by atoms with Gasteiger partial charge in [-0.2, -0.15) is 0 Å². The Morgan fingerprint density at radius 3 is 2.92 bits per heavy atom. The molecule has 2 N–H and O–H groups in total. The zero-order valence-corrected chi connectivity index (χ0v) is 8.43. The quantitative estimate of drug-likeness (QED) is 0.620. The molecular weight excluding hydrogens is 150 g/mol. The number of rotatable bonds is 3. The smallest absolute Gasteiger partial charge is 0.0320 e. The summed E-state index contributed by atoms with van der Waals surface area (Å²) in [7, 11) is 2.18. The molecule has 0 saturated carbocycles. The molecule has 0 bridgehead atoms. The van der Waals surface area contributed by atoms with Crippen molar-refractivity contribution in [2.75, 3.05) is 33.2 Å². The van der Waals surface area contributed by atoms with Gasteiger partial charge >= 0.3 is 0 Å². The number of likely N-dealkylation sites (N-methyl/N-ethyl adjacent to an activating group) is 1. The number of nitrogens with one attached hydrogen (secondary N) is 2. The molecule has 0 aromatic rings. The van der Waals surface area contributed by atoms with Crippen molar-refractivity contribution in [2.45, 2.75) is 25.9 Å². The van der Waals surface area contributed by atoms with Crippen LogP contribution in [-0.2, 0) is 0 Å². The van der Waals surface area contributed by atoms with Crippen molar-refractivity contribution in [3.63, 3.8) is 0 Å². The van der Waals surface area contributed by atoms with Crippen molar-refractivity contribution in [1.82, 2.24) is 15.5 Å². The van der Waals surface area contributed by atoms with Crippen LogP contribution >= 0.6 is 0 Å². The minimum atomic E-state index is 0.596. The highest BCUT2D eigenvalue weighted by Gasteiger charge is 2.15. The molecule has 0 aromatic heterocycles. The van der Waals surface area contributed by atoms with Gasteiger partial charge in [-0.05, 0) is 7.05 Å². The molecular formula is C9H21N3. The van der Waals surface area contributed by atoms with Gasteiger partial charge in [-0.25, -0.2) is 0 Å². The molecule has 0 aromatic carbocycles. The van der Waals surface area contributed by atoms with Gasteiger partial charge in [0.25, 0.3) is 0 Å². The van der Waals surface area contributed by atoms with Crippen LogP contribution in [0.15, 0.2) is 0 Å². The Labute approximate surface area is 75.5 Å². The van der Waals surface area contributed by atoms with Crippen LogP contribution in [0, 0.1) is 0 Å². The van der Waals surface area contributed by atoms with Gasteiger partial charge in [0.1, 0.15) is 0 Å². The minimum Gasteiger partial charge on any atom is -0.313 e. The fourth-order valence-electron chi connectivity index (χ4n) is 1.51. The lowest BCUT2D eigenvalue weighted by Crippen LogP contribution is -2.53. The highest BCUT2D eigenvalue weighted by molar-refractivity contribution is 4.78. The van der Waals surface area contributed by atoms with E-state index >= 15 is 0 Å². The third-order valence-corrected chi connectivity index (χ3v) is 2.23. The van der Waals surface area contributed by atoms with Gasteiger partial charge in [0.15, 0.2) is 0 Å². The van der Waals surface area contributed by atoms with Crippen LogP contribution in [0.5, 0.6) is 0 Å². The molecule has 1 rings (SSSR count). The molecule has 3 nitrogen and oxygen atoms in total. The van der Waals surface area contributed by atoms with Crippen LogP contribution in [0.25, 0.3) is 0 Å². The molecule has 0 spiro atoms. The normalized spacial score (nSPS) is 26.5. The molecule has 12 heavy (non-hydrogen) atoms. The molecule has 0 radical (unpaired) electrons. The number of piperazine rings is 1. The third kappa shape index (κ3) is 3.52.